The van der Waals surface area contributed by atoms with Crippen LogP contribution in [-0.4, -0.2) is 27.8 Å². The molecular formula is C21H22F3N3OS2. The Balaban J connectivity index is 0.000000396. The third kappa shape index (κ3) is 7.87. The smallest absolute Gasteiger partial charge is 0.362 e. The van der Waals surface area contributed by atoms with E-state index >= 15 is 0 Å². The molecule has 0 aliphatic carbocycles. The zero-order valence-corrected chi connectivity index (χ0v) is 18.2. The Morgan fingerprint density at radius 1 is 0.933 bits per heavy atom. The molecule has 4 nitrogen and oxygen atoms in total. The Morgan fingerprint density at radius 3 is 1.80 bits per heavy atom. The molecular weight excluding hydrogens is 431 g/mol. The number of carbonyl (C=O) groups is 1. The number of thioether (sulfide) groups is 2. The standard InChI is InChI=1S/C19H20N2S2.C2H2F3NO/c1-19(2)17(22-13-15-9-5-3-6-10-15)20-18(21-19)23-14-16-11-7-4-8-12-16;3-2(4,5)1(6)7/h3-12H,13-14H2,1-2H3;(H2,6,7). The van der Waals surface area contributed by atoms with E-state index in [9.17, 15) is 13.2 Å². The molecule has 3 rings (SSSR count). The average Bonchev–Trinajstić information content (AvgIpc) is 2.99. The van der Waals surface area contributed by atoms with E-state index in [2.05, 4.69) is 68.1 Å². The van der Waals surface area contributed by atoms with Crippen LogP contribution >= 0.6 is 23.5 Å². The number of amides is 1. The molecule has 2 aromatic carbocycles. The number of benzene rings is 2. The molecule has 1 aliphatic rings. The van der Waals surface area contributed by atoms with Crippen molar-refractivity contribution < 1.29 is 18.0 Å². The van der Waals surface area contributed by atoms with Crippen molar-refractivity contribution in [1.82, 2.24) is 0 Å². The van der Waals surface area contributed by atoms with E-state index < -0.39 is 12.1 Å². The van der Waals surface area contributed by atoms with E-state index in [0.29, 0.717) is 0 Å². The predicted octanol–water partition coefficient (Wildman–Crippen LogP) is 5.43. The van der Waals surface area contributed by atoms with Gasteiger partial charge in [-0.1, -0.05) is 72.4 Å². The first-order valence-corrected chi connectivity index (χ1v) is 10.9. The Morgan fingerprint density at radius 2 is 1.37 bits per heavy atom. The van der Waals surface area contributed by atoms with E-state index in [0.717, 1.165) is 21.7 Å². The van der Waals surface area contributed by atoms with Crippen molar-refractivity contribution in [1.29, 1.82) is 0 Å². The number of amidine groups is 1. The fourth-order valence-corrected chi connectivity index (χ4v) is 4.30. The van der Waals surface area contributed by atoms with Crippen molar-refractivity contribution >= 4 is 39.6 Å². The molecule has 160 valence electrons. The van der Waals surface area contributed by atoms with Crippen LogP contribution in [0.1, 0.15) is 25.0 Å². The lowest BCUT2D eigenvalue weighted by molar-refractivity contribution is -0.169. The third-order valence-corrected chi connectivity index (χ3v) is 6.06. The van der Waals surface area contributed by atoms with Crippen LogP contribution in [0.5, 0.6) is 0 Å². The fraction of sp³-hybridized carbons (Fsp3) is 0.286. The summed E-state index contributed by atoms with van der Waals surface area (Å²) in [5.41, 5.74) is 6.22. The van der Waals surface area contributed by atoms with Crippen LogP contribution in [0.4, 0.5) is 13.2 Å². The number of hydrogen-bond acceptors (Lipinski definition) is 5. The molecule has 0 radical (unpaired) electrons. The molecule has 1 amide bonds. The van der Waals surface area contributed by atoms with Gasteiger partial charge in [0.2, 0.25) is 0 Å². The van der Waals surface area contributed by atoms with Gasteiger partial charge in [0.1, 0.15) is 10.6 Å². The monoisotopic (exact) mass is 453 g/mol. The van der Waals surface area contributed by atoms with Crippen molar-refractivity contribution in [3.63, 3.8) is 0 Å². The van der Waals surface area contributed by atoms with E-state index in [4.69, 9.17) is 14.8 Å². The molecule has 2 N–H and O–H groups in total. The second-order valence-electron chi connectivity index (χ2n) is 6.78. The molecule has 2 aromatic rings. The quantitative estimate of drug-likeness (QED) is 0.671. The summed E-state index contributed by atoms with van der Waals surface area (Å²) in [4.78, 5) is 18.7. The summed E-state index contributed by atoms with van der Waals surface area (Å²) in [6.07, 6.45) is -4.86. The van der Waals surface area contributed by atoms with E-state index in [1.807, 2.05) is 12.1 Å². The van der Waals surface area contributed by atoms with Crippen LogP contribution in [-0.2, 0) is 16.3 Å². The lowest BCUT2D eigenvalue weighted by Gasteiger charge is -2.16. The average molecular weight is 454 g/mol. The Bertz CT molecular complexity index is 899. The summed E-state index contributed by atoms with van der Waals surface area (Å²) < 4.78 is 32.1. The maximum Gasteiger partial charge on any atom is 0.470 e. The van der Waals surface area contributed by atoms with Crippen molar-refractivity contribution in [2.45, 2.75) is 37.1 Å². The summed E-state index contributed by atoms with van der Waals surface area (Å²) in [6.45, 7) is 4.28. The van der Waals surface area contributed by atoms with Crippen molar-refractivity contribution in [3.05, 3.63) is 71.8 Å². The summed E-state index contributed by atoms with van der Waals surface area (Å²) in [5, 5.41) is 2.01. The normalized spacial score (nSPS) is 15.0. The van der Waals surface area contributed by atoms with E-state index in [-0.39, 0.29) is 5.54 Å². The van der Waals surface area contributed by atoms with Crippen LogP contribution in [0, 0.1) is 0 Å². The van der Waals surface area contributed by atoms with Gasteiger partial charge in [0.25, 0.3) is 0 Å². The van der Waals surface area contributed by atoms with Gasteiger partial charge >= 0.3 is 12.1 Å². The minimum absolute atomic E-state index is 0.210. The molecule has 1 heterocycles. The zero-order chi connectivity index (χ0) is 22.2. The highest BCUT2D eigenvalue weighted by atomic mass is 32.2. The largest absolute Gasteiger partial charge is 0.470 e. The maximum absolute atomic E-state index is 10.7. The van der Waals surface area contributed by atoms with Gasteiger partial charge in [-0.15, -0.1) is 11.8 Å². The molecule has 9 heteroatoms. The van der Waals surface area contributed by atoms with Crippen LogP contribution < -0.4 is 5.73 Å². The summed E-state index contributed by atoms with van der Waals surface area (Å²) >= 11 is 3.51. The van der Waals surface area contributed by atoms with Gasteiger partial charge in [-0.05, 0) is 25.0 Å². The summed E-state index contributed by atoms with van der Waals surface area (Å²) in [5.74, 6) is -0.405. The van der Waals surface area contributed by atoms with Crippen molar-refractivity contribution in [3.8, 4) is 0 Å². The molecule has 0 saturated carbocycles. The first kappa shape index (κ1) is 24.0. The lowest BCUT2D eigenvalue weighted by Crippen LogP contribution is -2.30. The van der Waals surface area contributed by atoms with Gasteiger partial charge in [0.15, 0.2) is 5.17 Å². The van der Waals surface area contributed by atoms with Gasteiger partial charge in [0.05, 0.1) is 0 Å². The second-order valence-corrected chi connectivity index (χ2v) is 8.69. The SMILES string of the molecule is CC1(C)N=C(SCc2ccccc2)N=C1SCc1ccccc1.NC(=O)C(F)(F)F. The number of hydrogen-bond donors (Lipinski definition) is 1. The molecule has 30 heavy (non-hydrogen) atoms. The number of aliphatic imine (C=N–C) groups is 2. The summed E-state index contributed by atoms with van der Waals surface area (Å²) in [7, 11) is 0. The minimum Gasteiger partial charge on any atom is -0.362 e. The van der Waals surface area contributed by atoms with Crippen LogP contribution in [0.15, 0.2) is 70.6 Å². The molecule has 0 fully saturated rings. The highest BCUT2D eigenvalue weighted by Gasteiger charge is 2.35. The predicted molar refractivity (Wildman–Crippen MR) is 120 cm³/mol. The number of primary amides is 1. The first-order chi connectivity index (χ1) is 14.1. The van der Waals surface area contributed by atoms with E-state index in [1.54, 1.807) is 23.5 Å². The maximum atomic E-state index is 10.7. The third-order valence-electron chi connectivity index (χ3n) is 3.80. The van der Waals surface area contributed by atoms with Gasteiger partial charge < -0.3 is 5.73 Å². The van der Waals surface area contributed by atoms with Gasteiger partial charge in [-0.25, -0.2) is 9.98 Å². The number of alkyl halides is 3. The molecule has 1 aliphatic heterocycles. The number of carbonyl (C=O) groups excluding carboxylic acids is 1. The molecule has 0 bridgehead atoms. The molecule has 0 spiro atoms. The van der Waals surface area contributed by atoms with E-state index in [1.165, 1.54) is 11.1 Å². The summed E-state index contributed by atoms with van der Waals surface area (Å²) in [6, 6.07) is 21.0. The van der Waals surface area contributed by atoms with Crippen molar-refractivity contribution in [2.75, 3.05) is 0 Å². The zero-order valence-electron chi connectivity index (χ0n) is 16.5. The highest BCUT2D eigenvalue weighted by molar-refractivity contribution is 8.15. The Labute approximate surface area is 182 Å². The minimum atomic E-state index is -4.86. The fourth-order valence-electron chi connectivity index (χ4n) is 2.26. The van der Waals surface area contributed by atoms with Gasteiger partial charge in [-0.2, -0.15) is 13.2 Å². The number of halogens is 3. The molecule has 0 atom stereocenters. The lowest BCUT2D eigenvalue weighted by atomic mass is 10.1. The Hall–Kier alpha value is -2.26. The van der Waals surface area contributed by atoms with Gasteiger partial charge in [0, 0.05) is 11.5 Å². The Kier molecular flexibility index (Phi) is 8.54. The molecule has 0 aromatic heterocycles. The molecule has 0 saturated heterocycles. The second kappa shape index (κ2) is 10.7. The van der Waals surface area contributed by atoms with Crippen molar-refractivity contribution in [2.24, 2.45) is 15.7 Å². The highest BCUT2D eigenvalue weighted by Crippen LogP contribution is 2.32. The van der Waals surface area contributed by atoms with Crippen LogP contribution in [0.3, 0.4) is 0 Å². The first-order valence-electron chi connectivity index (χ1n) is 8.97. The molecule has 0 unspecified atom stereocenters. The topological polar surface area (TPSA) is 67.8 Å². The number of rotatable bonds is 4. The van der Waals surface area contributed by atoms with Crippen LogP contribution in [0.25, 0.3) is 0 Å². The van der Waals surface area contributed by atoms with Crippen LogP contribution in [0.2, 0.25) is 0 Å². The number of nitrogens with two attached hydrogens (primary N) is 1. The number of nitrogens with zero attached hydrogens (tertiary/aromatic N) is 2. The van der Waals surface area contributed by atoms with Gasteiger partial charge in [-0.3, -0.25) is 4.79 Å².